The number of hydrogen-bond acceptors (Lipinski definition) is 4. The zero-order chi connectivity index (χ0) is 11.5. The van der Waals surface area contributed by atoms with Gasteiger partial charge in [-0.3, -0.25) is 0 Å². The van der Waals surface area contributed by atoms with E-state index < -0.39 is 0 Å². The lowest BCUT2D eigenvalue weighted by atomic mass is 9.79. The number of aromatic nitrogens is 2. The van der Waals surface area contributed by atoms with Crippen molar-refractivity contribution in [2.75, 3.05) is 6.54 Å². The average molecular weight is 223 g/mol. The van der Waals surface area contributed by atoms with Crippen LogP contribution in [0.4, 0.5) is 0 Å². The molecule has 0 radical (unpaired) electrons. The molecule has 0 aromatic carbocycles. The Bertz CT molecular complexity index is 335. The van der Waals surface area contributed by atoms with E-state index in [1.54, 1.807) is 0 Å². The number of hydrogen-bond donors (Lipinski definition) is 1. The fraction of sp³-hybridized carbons (Fsp3) is 0.833. The van der Waals surface area contributed by atoms with Gasteiger partial charge < -0.3 is 10.3 Å². The molecule has 4 heteroatoms. The first-order chi connectivity index (χ1) is 7.72. The monoisotopic (exact) mass is 223 g/mol. The molecule has 2 unspecified atom stereocenters. The summed E-state index contributed by atoms with van der Waals surface area (Å²) >= 11 is 0. The minimum Gasteiger partial charge on any atom is -0.339 e. The van der Waals surface area contributed by atoms with Crippen LogP contribution in [0.15, 0.2) is 4.52 Å². The van der Waals surface area contributed by atoms with Crippen molar-refractivity contribution < 1.29 is 4.52 Å². The van der Waals surface area contributed by atoms with Gasteiger partial charge in [0.05, 0.1) is 0 Å². The summed E-state index contributed by atoms with van der Waals surface area (Å²) in [4.78, 5) is 4.50. The van der Waals surface area contributed by atoms with Crippen LogP contribution in [0.3, 0.4) is 0 Å². The summed E-state index contributed by atoms with van der Waals surface area (Å²) in [6, 6.07) is 0. The summed E-state index contributed by atoms with van der Waals surface area (Å²) in [6.07, 6.45) is 4.87. The van der Waals surface area contributed by atoms with E-state index in [0.717, 1.165) is 24.7 Å². The van der Waals surface area contributed by atoms with Crippen LogP contribution in [-0.2, 0) is 0 Å². The third kappa shape index (κ3) is 2.26. The molecule has 1 saturated carbocycles. The fourth-order valence-corrected chi connectivity index (χ4v) is 2.45. The summed E-state index contributed by atoms with van der Waals surface area (Å²) < 4.78 is 5.38. The second-order valence-electron chi connectivity index (χ2n) is 5.03. The number of nitrogens with two attached hydrogens (primary N) is 1. The van der Waals surface area contributed by atoms with Crippen LogP contribution in [0.5, 0.6) is 0 Å². The topological polar surface area (TPSA) is 64.9 Å². The van der Waals surface area contributed by atoms with Crippen molar-refractivity contribution in [3.05, 3.63) is 11.7 Å². The van der Waals surface area contributed by atoms with Gasteiger partial charge in [0.25, 0.3) is 0 Å². The Morgan fingerprint density at radius 2 is 2.12 bits per heavy atom. The Morgan fingerprint density at radius 3 is 2.75 bits per heavy atom. The molecule has 1 heterocycles. The SMILES string of the molecule is CC(C)c1noc(C2CCCCC2CN)n1. The second kappa shape index (κ2) is 4.95. The molecule has 1 aromatic heterocycles. The molecular formula is C12H21N3O. The molecule has 1 fully saturated rings. The van der Waals surface area contributed by atoms with Gasteiger partial charge in [0.2, 0.25) is 5.89 Å². The summed E-state index contributed by atoms with van der Waals surface area (Å²) in [5, 5.41) is 4.03. The van der Waals surface area contributed by atoms with E-state index in [0.29, 0.717) is 17.8 Å². The van der Waals surface area contributed by atoms with E-state index in [2.05, 4.69) is 24.0 Å². The second-order valence-corrected chi connectivity index (χ2v) is 5.03. The molecule has 90 valence electrons. The minimum absolute atomic E-state index is 0.331. The highest BCUT2D eigenvalue weighted by Gasteiger charge is 2.30. The van der Waals surface area contributed by atoms with E-state index in [1.807, 2.05) is 0 Å². The Balaban J connectivity index is 2.14. The largest absolute Gasteiger partial charge is 0.339 e. The minimum atomic E-state index is 0.331. The molecule has 1 aliphatic rings. The quantitative estimate of drug-likeness (QED) is 0.854. The standard InChI is InChI=1S/C12H21N3O/c1-8(2)11-14-12(16-15-11)10-6-4-3-5-9(10)7-13/h8-10H,3-7,13H2,1-2H3. The van der Waals surface area contributed by atoms with Crippen molar-refractivity contribution in [1.29, 1.82) is 0 Å². The molecule has 2 rings (SSSR count). The first kappa shape index (κ1) is 11.6. The number of nitrogens with zero attached hydrogens (tertiary/aromatic N) is 2. The molecule has 0 amide bonds. The Kier molecular flexibility index (Phi) is 3.59. The molecule has 0 aliphatic heterocycles. The van der Waals surface area contributed by atoms with Crippen LogP contribution in [0, 0.1) is 5.92 Å². The maximum atomic E-state index is 5.81. The molecular weight excluding hydrogens is 202 g/mol. The van der Waals surface area contributed by atoms with Gasteiger partial charge in [0.1, 0.15) is 0 Å². The molecule has 0 saturated heterocycles. The third-order valence-electron chi connectivity index (χ3n) is 3.50. The van der Waals surface area contributed by atoms with Gasteiger partial charge >= 0.3 is 0 Å². The number of rotatable bonds is 3. The summed E-state index contributed by atoms with van der Waals surface area (Å²) in [5.74, 6) is 2.86. The predicted molar refractivity (Wildman–Crippen MR) is 62.1 cm³/mol. The zero-order valence-corrected chi connectivity index (χ0v) is 10.1. The van der Waals surface area contributed by atoms with Crippen molar-refractivity contribution in [1.82, 2.24) is 10.1 Å². The lowest BCUT2D eigenvalue weighted by molar-refractivity contribution is 0.249. The highest BCUT2D eigenvalue weighted by molar-refractivity contribution is 5.00. The highest BCUT2D eigenvalue weighted by atomic mass is 16.5. The lowest BCUT2D eigenvalue weighted by Crippen LogP contribution is -2.25. The maximum Gasteiger partial charge on any atom is 0.230 e. The maximum absolute atomic E-state index is 5.81. The van der Waals surface area contributed by atoms with Gasteiger partial charge in [-0.05, 0) is 25.3 Å². The van der Waals surface area contributed by atoms with Gasteiger partial charge in [0.15, 0.2) is 5.82 Å². The van der Waals surface area contributed by atoms with E-state index >= 15 is 0 Å². The van der Waals surface area contributed by atoms with Crippen LogP contribution in [-0.4, -0.2) is 16.7 Å². The fourth-order valence-electron chi connectivity index (χ4n) is 2.45. The van der Waals surface area contributed by atoms with Crippen molar-refractivity contribution in [2.24, 2.45) is 11.7 Å². The Labute approximate surface area is 96.6 Å². The van der Waals surface area contributed by atoms with Crippen molar-refractivity contribution in [2.45, 2.75) is 51.4 Å². The normalized spacial score (nSPS) is 26.2. The van der Waals surface area contributed by atoms with E-state index in [9.17, 15) is 0 Å². The van der Waals surface area contributed by atoms with Crippen LogP contribution in [0.2, 0.25) is 0 Å². The molecule has 0 spiro atoms. The first-order valence-electron chi connectivity index (χ1n) is 6.26. The third-order valence-corrected chi connectivity index (χ3v) is 3.50. The molecule has 1 aromatic rings. The molecule has 1 aliphatic carbocycles. The summed E-state index contributed by atoms with van der Waals surface area (Å²) in [5.41, 5.74) is 5.81. The first-order valence-corrected chi connectivity index (χ1v) is 6.26. The molecule has 0 bridgehead atoms. The summed E-state index contributed by atoms with van der Waals surface area (Å²) in [6.45, 7) is 4.88. The van der Waals surface area contributed by atoms with Crippen molar-refractivity contribution in [3.63, 3.8) is 0 Å². The van der Waals surface area contributed by atoms with E-state index in [1.165, 1.54) is 19.3 Å². The van der Waals surface area contributed by atoms with E-state index in [4.69, 9.17) is 10.3 Å². The van der Waals surface area contributed by atoms with E-state index in [-0.39, 0.29) is 0 Å². The highest BCUT2D eigenvalue weighted by Crippen LogP contribution is 2.36. The van der Waals surface area contributed by atoms with Crippen LogP contribution < -0.4 is 5.73 Å². The molecule has 16 heavy (non-hydrogen) atoms. The Hall–Kier alpha value is -0.900. The van der Waals surface area contributed by atoms with Gasteiger partial charge in [0, 0.05) is 11.8 Å². The van der Waals surface area contributed by atoms with Gasteiger partial charge in [-0.1, -0.05) is 31.8 Å². The van der Waals surface area contributed by atoms with Crippen LogP contribution in [0.25, 0.3) is 0 Å². The van der Waals surface area contributed by atoms with Gasteiger partial charge in [-0.15, -0.1) is 0 Å². The molecule has 4 nitrogen and oxygen atoms in total. The molecule has 2 N–H and O–H groups in total. The average Bonchev–Trinajstić information content (AvgIpc) is 2.78. The van der Waals surface area contributed by atoms with Gasteiger partial charge in [-0.2, -0.15) is 4.98 Å². The van der Waals surface area contributed by atoms with Crippen LogP contribution >= 0.6 is 0 Å². The zero-order valence-electron chi connectivity index (χ0n) is 10.1. The summed E-state index contributed by atoms with van der Waals surface area (Å²) in [7, 11) is 0. The smallest absolute Gasteiger partial charge is 0.230 e. The van der Waals surface area contributed by atoms with Crippen LogP contribution in [0.1, 0.15) is 63.1 Å². The predicted octanol–water partition coefficient (Wildman–Crippen LogP) is 2.43. The lowest BCUT2D eigenvalue weighted by Gasteiger charge is -2.27. The molecule has 2 atom stereocenters. The van der Waals surface area contributed by atoms with Crippen molar-refractivity contribution in [3.8, 4) is 0 Å². The Morgan fingerprint density at radius 1 is 1.38 bits per heavy atom. The van der Waals surface area contributed by atoms with Crippen molar-refractivity contribution >= 4 is 0 Å². The van der Waals surface area contributed by atoms with Gasteiger partial charge in [-0.25, -0.2) is 0 Å².